The molecule has 170 valence electrons. The minimum absolute atomic E-state index is 0.0133. The SMILES string of the molecule is CC(=O)c1ccc(NC(=O)CSc2nc(=O)n(N3CCN(C)CC3)c3c2CCCC3)cc1. The van der Waals surface area contributed by atoms with Crippen LogP contribution < -0.4 is 16.0 Å². The largest absolute Gasteiger partial charge is 0.367 e. The van der Waals surface area contributed by atoms with E-state index in [1.807, 2.05) is 0 Å². The Balaban J connectivity index is 1.48. The molecule has 0 saturated carbocycles. The number of rotatable bonds is 6. The van der Waals surface area contributed by atoms with E-state index in [0.29, 0.717) is 16.3 Å². The Morgan fingerprint density at radius 3 is 2.44 bits per heavy atom. The molecular formula is C23H29N5O3S. The first-order chi connectivity index (χ1) is 15.4. The van der Waals surface area contributed by atoms with Crippen molar-refractivity contribution in [3.63, 3.8) is 0 Å². The van der Waals surface area contributed by atoms with Crippen molar-refractivity contribution in [3.05, 3.63) is 51.6 Å². The van der Waals surface area contributed by atoms with Crippen LogP contribution in [0.4, 0.5) is 5.69 Å². The molecule has 32 heavy (non-hydrogen) atoms. The molecule has 0 bridgehead atoms. The Hall–Kier alpha value is -2.65. The number of hydrogen-bond donors (Lipinski definition) is 1. The van der Waals surface area contributed by atoms with Crippen LogP contribution in [0, 0.1) is 0 Å². The predicted molar refractivity (Wildman–Crippen MR) is 126 cm³/mol. The van der Waals surface area contributed by atoms with Gasteiger partial charge in [-0.1, -0.05) is 11.8 Å². The van der Waals surface area contributed by atoms with Crippen molar-refractivity contribution in [2.75, 3.05) is 49.3 Å². The summed E-state index contributed by atoms with van der Waals surface area (Å²) < 4.78 is 1.79. The van der Waals surface area contributed by atoms with Crippen molar-refractivity contribution in [3.8, 4) is 0 Å². The number of nitrogens with zero attached hydrogens (tertiary/aromatic N) is 4. The van der Waals surface area contributed by atoms with Crippen LogP contribution in [0.2, 0.25) is 0 Å². The van der Waals surface area contributed by atoms with Crippen molar-refractivity contribution >= 4 is 29.1 Å². The number of thioether (sulfide) groups is 1. The molecule has 8 nitrogen and oxygen atoms in total. The van der Waals surface area contributed by atoms with E-state index in [-0.39, 0.29) is 23.1 Å². The third-order valence-corrected chi connectivity index (χ3v) is 7.03. The number of aromatic nitrogens is 2. The maximum atomic E-state index is 13.0. The highest BCUT2D eigenvalue weighted by Gasteiger charge is 2.25. The summed E-state index contributed by atoms with van der Waals surface area (Å²) in [5.41, 5.74) is 3.16. The summed E-state index contributed by atoms with van der Waals surface area (Å²) in [6.07, 6.45) is 3.87. The molecule has 2 heterocycles. The van der Waals surface area contributed by atoms with Crippen LogP contribution >= 0.6 is 11.8 Å². The molecule has 1 amide bonds. The number of carbonyl (C=O) groups is 2. The van der Waals surface area contributed by atoms with Gasteiger partial charge in [0.2, 0.25) is 5.91 Å². The van der Waals surface area contributed by atoms with Gasteiger partial charge in [-0.2, -0.15) is 4.98 Å². The predicted octanol–water partition coefficient (Wildman–Crippen LogP) is 1.94. The Labute approximate surface area is 192 Å². The molecule has 0 spiro atoms. The highest BCUT2D eigenvalue weighted by atomic mass is 32.2. The number of benzene rings is 1. The standard InChI is InChI=1S/C23H29N5O3S/c1-16(29)17-7-9-18(10-8-17)24-21(30)15-32-22-19-5-3-4-6-20(19)28(23(31)25-22)27-13-11-26(2)12-14-27/h7-10H,3-6,11-15H2,1-2H3,(H,24,30). The van der Waals surface area contributed by atoms with Gasteiger partial charge >= 0.3 is 5.69 Å². The lowest BCUT2D eigenvalue weighted by Crippen LogP contribution is -2.54. The van der Waals surface area contributed by atoms with Gasteiger partial charge in [0.15, 0.2) is 5.78 Å². The van der Waals surface area contributed by atoms with Crippen LogP contribution in [-0.4, -0.2) is 65.2 Å². The highest BCUT2D eigenvalue weighted by molar-refractivity contribution is 8.00. The highest BCUT2D eigenvalue weighted by Crippen LogP contribution is 2.28. The summed E-state index contributed by atoms with van der Waals surface area (Å²) in [6, 6.07) is 6.83. The number of piperazine rings is 1. The van der Waals surface area contributed by atoms with Crippen molar-refractivity contribution in [1.82, 2.24) is 14.6 Å². The third kappa shape index (κ3) is 5.05. The zero-order chi connectivity index (χ0) is 22.7. The second-order valence-electron chi connectivity index (χ2n) is 8.37. The zero-order valence-electron chi connectivity index (χ0n) is 18.6. The second-order valence-corrected chi connectivity index (χ2v) is 9.34. The first kappa shape index (κ1) is 22.5. The third-order valence-electron chi connectivity index (χ3n) is 6.01. The Morgan fingerprint density at radius 2 is 1.75 bits per heavy atom. The quantitative estimate of drug-likeness (QED) is 0.405. The maximum absolute atomic E-state index is 13.0. The summed E-state index contributed by atoms with van der Waals surface area (Å²) >= 11 is 1.32. The van der Waals surface area contributed by atoms with E-state index in [1.165, 1.54) is 18.7 Å². The number of likely N-dealkylation sites (N-methyl/N-ethyl adjacent to an activating group) is 1. The molecule has 1 fully saturated rings. The van der Waals surface area contributed by atoms with Gasteiger partial charge in [-0.25, -0.2) is 9.47 Å². The van der Waals surface area contributed by atoms with Crippen LogP contribution in [0.3, 0.4) is 0 Å². The molecule has 0 atom stereocenters. The van der Waals surface area contributed by atoms with Crippen LogP contribution in [0.5, 0.6) is 0 Å². The Bertz CT molecular complexity index is 1060. The van der Waals surface area contributed by atoms with Crippen molar-refractivity contribution in [1.29, 1.82) is 0 Å². The summed E-state index contributed by atoms with van der Waals surface area (Å²) in [5.74, 6) is -0.00736. The van der Waals surface area contributed by atoms with Crippen LogP contribution in [0.15, 0.2) is 34.1 Å². The smallest absolute Gasteiger partial charge is 0.325 e. The Kier molecular flexibility index (Phi) is 6.95. The maximum Gasteiger partial charge on any atom is 0.367 e. The fraction of sp³-hybridized carbons (Fsp3) is 0.478. The van der Waals surface area contributed by atoms with Gasteiger partial charge in [0.1, 0.15) is 5.03 Å². The minimum atomic E-state index is -0.252. The lowest BCUT2D eigenvalue weighted by atomic mass is 9.97. The van der Waals surface area contributed by atoms with E-state index < -0.39 is 0 Å². The van der Waals surface area contributed by atoms with Crippen molar-refractivity contribution in [2.45, 2.75) is 37.6 Å². The van der Waals surface area contributed by atoms with Crippen LogP contribution in [0.25, 0.3) is 0 Å². The fourth-order valence-corrected chi connectivity index (χ4v) is 5.07. The van der Waals surface area contributed by atoms with E-state index in [9.17, 15) is 14.4 Å². The van der Waals surface area contributed by atoms with E-state index in [2.05, 4.69) is 27.3 Å². The average Bonchev–Trinajstić information content (AvgIpc) is 2.79. The minimum Gasteiger partial charge on any atom is -0.325 e. The summed E-state index contributed by atoms with van der Waals surface area (Å²) in [5, 5.41) is 5.64. The number of carbonyl (C=O) groups excluding carboxylic acids is 2. The number of Topliss-reactive ketones (excluding diaryl/α,β-unsaturated/α-hetero) is 1. The number of ketones is 1. The first-order valence-corrected chi connectivity index (χ1v) is 12.0. The molecule has 0 radical (unpaired) electrons. The molecule has 1 saturated heterocycles. The van der Waals surface area contributed by atoms with Gasteiger partial charge < -0.3 is 15.2 Å². The van der Waals surface area contributed by atoms with Gasteiger partial charge in [0.05, 0.1) is 11.4 Å². The number of nitrogens with one attached hydrogen (secondary N) is 1. The molecule has 4 rings (SSSR count). The van der Waals surface area contributed by atoms with Gasteiger partial charge in [0, 0.05) is 43.0 Å². The lowest BCUT2D eigenvalue weighted by molar-refractivity contribution is -0.113. The van der Waals surface area contributed by atoms with E-state index in [0.717, 1.165) is 63.1 Å². The molecule has 0 unspecified atom stereocenters. The molecule has 9 heteroatoms. The first-order valence-electron chi connectivity index (χ1n) is 11.0. The Morgan fingerprint density at radius 1 is 1.06 bits per heavy atom. The zero-order valence-corrected chi connectivity index (χ0v) is 19.4. The molecule has 1 N–H and O–H groups in total. The summed E-state index contributed by atoms with van der Waals surface area (Å²) in [4.78, 5) is 43.5. The van der Waals surface area contributed by atoms with Crippen molar-refractivity contribution in [2.24, 2.45) is 0 Å². The van der Waals surface area contributed by atoms with Gasteiger partial charge in [-0.05, 0) is 63.9 Å². The number of hydrogen-bond acceptors (Lipinski definition) is 7. The molecule has 1 aromatic carbocycles. The molecule has 2 aromatic rings. The van der Waals surface area contributed by atoms with Gasteiger partial charge in [0.25, 0.3) is 0 Å². The summed E-state index contributed by atoms with van der Waals surface area (Å²) in [7, 11) is 2.09. The lowest BCUT2D eigenvalue weighted by Gasteiger charge is -2.37. The molecular weight excluding hydrogens is 426 g/mol. The van der Waals surface area contributed by atoms with Gasteiger partial charge in [-0.15, -0.1) is 0 Å². The average molecular weight is 456 g/mol. The molecule has 2 aliphatic rings. The summed E-state index contributed by atoms with van der Waals surface area (Å²) in [6.45, 7) is 4.97. The van der Waals surface area contributed by atoms with Crippen molar-refractivity contribution < 1.29 is 9.59 Å². The normalized spacial score (nSPS) is 16.5. The number of anilines is 1. The topological polar surface area (TPSA) is 87.5 Å². The molecule has 1 aliphatic heterocycles. The number of fused-ring (bicyclic) bond motifs is 1. The van der Waals surface area contributed by atoms with E-state index in [4.69, 9.17) is 0 Å². The van der Waals surface area contributed by atoms with E-state index >= 15 is 0 Å². The van der Waals surface area contributed by atoms with Crippen LogP contribution in [0.1, 0.15) is 41.4 Å². The number of amides is 1. The monoisotopic (exact) mass is 455 g/mol. The molecule has 1 aromatic heterocycles. The molecule has 1 aliphatic carbocycles. The second kappa shape index (κ2) is 9.87. The van der Waals surface area contributed by atoms with Crippen LogP contribution in [-0.2, 0) is 17.6 Å². The fourth-order valence-electron chi connectivity index (χ4n) is 4.20. The van der Waals surface area contributed by atoms with Gasteiger partial charge in [-0.3, -0.25) is 9.59 Å². The van der Waals surface area contributed by atoms with E-state index in [1.54, 1.807) is 28.9 Å².